The molecule has 5 heteroatoms. The molecule has 1 aromatic carbocycles. The van der Waals surface area contributed by atoms with Crippen molar-refractivity contribution >= 4 is 29.9 Å². The molecule has 22 heavy (non-hydrogen) atoms. The maximum atomic E-state index is 12.6. The van der Waals surface area contributed by atoms with Crippen LogP contribution in [0.2, 0.25) is 5.02 Å². The van der Waals surface area contributed by atoms with E-state index in [0.717, 1.165) is 44.0 Å². The third-order valence-electron chi connectivity index (χ3n) is 4.45. The minimum atomic E-state index is -0.113. The lowest BCUT2D eigenvalue weighted by Crippen LogP contribution is -2.40. The van der Waals surface area contributed by atoms with Gasteiger partial charge in [-0.15, -0.1) is 12.4 Å². The van der Waals surface area contributed by atoms with Crippen LogP contribution in [-0.4, -0.2) is 37.5 Å². The molecule has 1 heterocycles. The van der Waals surface area contributed by atoms with E-state index in [-0.39, 0.29) is 24.2 Å². The summed E-state index contributed by atoms with van der Waals surface area (Å²) in [6.45, 7) is 4.81. The molecule has 1 amide bonds. The normalized spacial score (nSPS) is 17.0. The van der Waals surface area contributed by atoms with E-state index in [9.17, 15) is 4.79 Å². The molecule has 0 bridgehead atoms. The Kier molecular flexibility index (Phi) is 8.23. The van der Waals surface area contributed by atoms with Crippen molar-refractivity contribution in [2.75, 3.05) is 26.7 Å². The molecule has 124 valence electrons. The third-order valence-corrected chi connectivity index (χ3v) is 4.68. The van der Waals surface area contributed by atoms with Crippen molar-refractivity contribution in [1.29, 1.82) is 0 Å². The van der Waals surface area contributed by atoms with Crippen molar-refractivity contribution in [1.82, 2.24) is 10.2 Å². The van der Waals surface area contributed by atoms with Crippen molar-refractivity contribution in [3.8, 4) is 0 Å². The van der Waals surface area contributed by atoms with Gasteiger partial charge in [0.1, 0.15) is 0 Å². The Morgan fingerprint density at radius 1 is 1.41 bits per heavy atom. The first-order valence-corrected chi connectivity index (χ1v) is 8.18. The number of nitrogens with one attached hydrogen (secondary N) is 1. The van der Waals surface area contributed by atoms with Crippen LogP contribution in [0.1, 0.15) is 37.7 Å². The first-order valence-electron chi connectivity index (χ1n) is 7.80. The smallest absolute Gasteiger partial charge is 0.229 e. The van der Waals surface area contributed by atoms with Crippen LogP contribution < -0.4 is 5.32 Å². The second-order valence-electron chi connectivity index (χ2n) is 5.94. The van der Waals surface area contributed by atoms with Crippen molar-refractivity contribution in [3.05, 3.63) is 34.9 Å². The highest BCUT2D eigenvalue weighted by Crippen LogP contribution is 2.25. The molecule has 0 saturated carbocycles. The van der Waals surface area contributed by atoms with Crippen molar-refractivity contribution in [2.45, 2.75) is 32.1 Å². The number of hydrogen-bond acceptors (Lipinski definition) is 2. The van der Waals surface area contributed by atoms with Gasteiger partial charge in [0.05, 0.1) is 5.92 Å². The largest absolute Gasteiger partial charge is 0.342 e. The van der Waals surface area contributed by atoms with E-state index in [1.54, 1.807) is 0 Å². The van der Waals surface area contributed by atoms with Crippen LogP contribution in [0.4, 0.5) is 0 Å². The Labute approximate surface area is 144 Å². The third kappa shape index (κ3) is 5.15. The van der Waals surface area contributed by atoms with Gasteiger partial charge in [0.15, 0.2) is 0 Å². The number of benzene rings is 1. The summed E-state index contributed by atoms with van der Waals surface area (Å²) in [4.78, 5) is 14.6. The van der Waals surface area contributed by atoms with E-state index in [2.05, 4.69) is 5.32 Å². The average molecular weight is 345 g/mol. The second-order valence-corrected chi connectivity index (χ2v) is 6.37. The van der Waals surface area contributed by atoms with Crippen LogP contribution in [0.5, 0.6) is 0 Å². The highest BCUT2D eigenvalue weighted by molar-refractivity contribution is 6.30. The predicted molar refractivity (Wildman–Crippen MR) is 95.0 cm³/mol. The molecule has 1 unspecified atom stereocenters. The van der Waals surface area contributed by atoms with Crippen LogP contribution in [0.15, 0.2) is 24.3 Å². The van der Waals surface area contributed by atoms with Crippen molar-refractivity contribution in [3.63, 3.8) is 0 Å². The summed E-state index contributed by atoms with van der Waals surface area (Å²) in [5.41, 5.74) is 1.00. The van der Waals surface area contributed by atoms with Gasteiger partial charge in [0, 0.05) is 18.1 Å². The van der Waals surface area contributed by atoms with Gasteiger partial charge in [-0.2, -0.15) is 0 Å². The fraction of sp³-hybridized carbons (Fsp3) is 0.588. The van der Waals surface area contributed by atoms with Gasteiger partial charge < -0.3 is 10.2 Å². The van der Waals surface area contributed by atoms with E-state index in [1.807, 2.05) is 43.1 Å². The molecule has 1 atom stereocenters. The van der Waals surface area contributed by atoms with Crippen LogP contribution in [0.3, 0.4) is 0 Å². The fourth-order valence-electron chi connectivity index (χ4n) is 2.98. The second kappa shape index (κ2) is 9.39. The number of hydrogen-bond donors (Lipinski definition) is 1. The van der Waals surface area contributed by atoms with Gasteiger partial charge in [0.2, 0.25) is 5.91 Å². The highest BCUT2D eigenvalue weighted by atomic mass is 35.5. The van der Waals surface area contributed by atoms with Gasteiger partial charge in [-0.25, -0.2) is 0 Å². The standard InChI is InChI=1S/C17H25ClN2O.ClH/c1-13(15-4-3-5-16(18)12-15)17(21)20-10-7-14(8-11-20)6-9-19-2;/h3-5,12-14,19H,6-11H2,1-2H3;1H. The molecule has 1 N–H and O–H groups in total. The minimum Gasteiger partial charge on any atom is -0.342 e. The van der Waals surface area contributed by atoms with Crippen molar-refractivity contribution < 1.29 is 4.79 Å². The quantitative estimate of drug-likeness (QED) is 0.882. The van der Waals surface area contributed by atoms with Crippen LogP contribution in [0, 0.1) is 5.92 Å². The van der Waals surface area contributed by atoms with Gasteiger partial charge in [-0.3, -0.25) is 4.79 Å². The summed E-state index contributed by atoms with van der Waals surface area (Å²) >= 11 is 6.02. The number of piperidine rings is 1. The zero-order valence-electron chi connectivity index (χ0n) is 13.3. The summed E-state index contributed by atoms with van der Waals surface area (Å²) in [5.74, 6) is 0.866. The number of likely N-dealkylation sites (tertiary alicyclic amines) is 1. The number of rotatable bonds is 5. The minimum absolute atomic E-state index is 0. The topological polar surface area (TPSA) is 32.3 Å². The SMILES string of the molecule is CNCCC1CCN(C(=O)C(C)c2cccc(Cl)c2)CC1.Cl. The highest BCUT2D eigenvalue weighted by Gasteiger charge is 2.26. The lowest BCUT2D eigenvalue weighted by molar-refractivity contribution is -0.133. The Morgan fingerprint density at radius 3 is 2.68 bits per heavy atom. The molecule has 0 aromatic heterocycles. The molecular weight excluding hydrogens is 319 g/mol. The van der Waals surface area contributed by atoms with E-state index >= 15 is 0 Å². The summed E-state index contributed by atoms with van der Waals surface area (Å²) in [6, 6.07) is 7.62. The average Bonchev–Trinajstić information content (AvgIpc) is 2.52. The van der Waals surface area contributed by atoms with Crippen LogP contribution in [0.25, 0.3) is 0 Å². The molecule has 0 radical (unpaired) electrons. The van der Waals surface area contributed by atoms with Gasteiger partial charge in [-0.05, 0) is 63.4 Å². The monoisotopic (exact) mass is 344 g/mol. The molecule has 1 saturated heterocycles. The molecule has 1 aromatic rings. The lowest BCUT2D eigenvalue weighted by atomic mass is 9.92. The Balaban J connectivity index is 0.00000242. The summed E-state index contributed by atoms with van der Waals surface area (Å²) in [7, 11) is 1.99. The molecule has 0 spiro atoms. The zero-order chi connectivity index (χ0) is 15.2. The van der Waals surface area contributed by atoms with Crippen LogP contribution in [-0.2, 0) is 4.79 Å². The molecule has 1 fully saturated rings. The van der Waals surface area contributed by atoms with E-state index in [4.69, 9.17) is 11.6 Å². The maximum absolute atomic E-state index is 12.6. The number of carbonyl (C=O) groups excluding carboxylic acids is 1. The van der Waals surface area contributed by atoms with Gasteiger partial charge in [0.25, 0.3) is 0 Å². The molecule has 1 aliphatic heterocycles. The molecule has 0 aliphatic carbocycles. The number of carbonyl (C=O) groups is 1. The zero-order valence-corrected chi connectivity index (χ0v) is 14.9. The Hall–Kier alpha value is -0.770. The Morgan fingerprint density at radius 2 is 2.09 bits per heavy atom. The number of halogens is 2. The molecule has 1 aliphatic rings. The molecule has 2 rings (SSSR count). The summed E-state index contributed by atoms with van der Waals surface area (Å²) in [6.07, 6.45) is 3.45. The van der Waals surface area contributed by atoms with E-state index in [0.29, 0.717) is 5.02 Å². The summed E-state index contributed by atoms with van der Waals surface area (Å²) in [5, 5.41) is 3.89. The van der Waals surface area contributed by atoms with Gasteiger partial charge in [-0.1, -0.05) is 23.7 Å². The van der Waals surface area contributed by atoms with Gasteiger partial charge >= 0.3 is 0 Å². The number of nitrogens with zero attached hydrogens (tertiary/aromatic N) is 1. The maximum Gasteiger partial charge on any atom is 0.229 e. The fourth-order valence-corrected chi connectivity index (χ4v) is 3.18. The predicted octanol–water partition coefficient (Wildman–Crippen LogP) is 3.71. The van der Waals surface area contributed by atoms with E-state index < -0.39 is 0 Å². The van der Waals surface area contributed by atoms with E-state index in [1.165, 1.54) is 6.42 Å². The summed E-state index contributed by atoms with van der Waals surface area (Å²) < 4.78 is 0. The number of amides is 1. The molecule has 3 nitrogen and oxygen atoms in total. The first-order chi connectivity index (χ1) is 10.1. The first kappa shape index (κ1) is 19.3. The molecular formula is C17H26Cl2N2O. The Bertz CT molecular complexity index is 473. The lowest BCUT2D eigenvalue weighted by Gasteiger charge is -2.33. The van der Waals surface area contributed by atoms with Crippen molar-refractivity contribution in [2.24, 2.45) is 5.92 Å². The van der Waals surface area contributed by atoms with Crippen LogP contribution >= 0.6 is 24.0 Å².